The van der Waals surface area contributed by atoms with E-state index < -0.39 is 16.4 Å². The minimum atomic E-state index is -0.666. The van der Waals surface area contributed by atoms with Gasteiger partial charge in [0, 0.05) is 13.1 Å². The van der Waals surface area contributed by atoms with Crippen LogP contribution >= 0.6 is 0 Å². The normalized spacial score (nSPS) is 10.0. The van der Waals surface area contributed by atoms with Crippen LogP contribution in [-0.2, 0) is 0 Å². The van der Waals surface area contributed by atoms with Crippen LogP contribution in [0.3, 0.4) is 0 Å². The van der Waals surface area contributed by atoms with E-state index in [0.29, 0.717) is 0 Å². The van der Waals surface area contributed by atoms with Gasteiger partial charge in [-0.3, -0.25) is 10.1 Å². The molecule has 0 unspecified atom stereocenters. The van der Waals surface area contributed by atoms with Crippen molar-refractivity contribution in [3.63, 3.8) is 0 Å². The van der Waals surface area contributed by atoms with E-state index in [4.69, 9.17) is 4.74 Å². The molecule has 8 heteroatoms. The predicted octanol–water partition coefficient (Wildman–Crippen LogP) is 2.36. The van der Waals surface area contributed by atoms with Crippen molar-refractivity contribution in [1.29, 1.82) is 0 Å². The molecule has 1 aromatic heterocycles. The quantitative estimate of drug-likeness (QED) is 0.673. The summed E-state index contributed by atoms with van der Waals surface area (Å²) in [5.41, 5.74) is -0.408. The zero-order valence-corrected chi connectivity index (χ0v) is 9.83. The number of halogens is 1. The van der Waals surface area contributed by atoms with Crippen LogP contribution in [-0.4, -0.2) is 21.9 Å². The summed E-state index contributed by atoms with van der Waals surface area (Å²) in [5.74, 6) is -0.631. The van der Waals surface area contributed by atoms with Crippen molar-refractivity contribution in [2.75, 3.05) is 12.4 Å². The summed E-state index contributed by atoms with van der Waals surface area (Å²) in [6, 6.07) is 5.23. The Bertz CT molecular complexity index is 621. The second-order valence-electron chi connectivity index (χ2n) is 3.44. The molecular formula is C11H9FN4O3. The van der Waals surface area contributed by atoms with Gasteiger partial charge in [-0.1, -0.05) is 6.07 Å². The third kappa shape index (κ3) is 2.73. The van der Waals surface area contributed by atoms with Crippen LogP contribution in [0.15, 0.2) is 30.6 Å². The van der Waals surface area contributed by atoms with E-state index in [2.05, 4.69) is 15.3 Å². The molecule has 2 rings (SSSR count). The average Bonchev–Trinajstić information content (AvgIpc) is 2.38. The number of anilines is 1. The number of hydrogen-bond donors (Lipinski definition) is 1. The Balaban J connectivity index is 2.42. The van der Waals surface area contributed by atoms with E-state index in [0.717, 1.165) is 12.4 Å². The summed E-state index contributed by atoms with van der Waals surface area (Å²) in [4.78, 5) is 17.7. The minimum Gasteiger partial charge on any atom is -0.433 e. The highest BCUT2D eigenvalue weighted by atomic mass is 19.1. The topological polar surface area (TPSA) is 90.2 Å². The van der Waals surface area contributed by atoms with Crippen LogP contribution in [0.2, 0.25) is 0 Å². The van der Waals surface area contributed by atoms with Gasteiger partial charge in [-0.2, -0.15) is 4.98 Å². The molecule has 0 spiro atoms. The summed E-state index contributed by atoms with van der Waals surface area (Å²) in [6.07, 6.45) is 1.12. The second kappa shape index (κ2) is 5.25. The summed E-state index contributed by atoms with van der Waals surface area (Å²) in [7, 11) is 1.49. The Kier molecular flexibility index (Phi) is 3.51. The van der Waals surface area contributed by atoms with Crippen molar-refractivity contribution in [1.82, 2.24) is 9.97 Å². The molecule has 7 nitrogen and oxygen atoms in total. The van der Waals surface area contributed by atoms with E-state index >= 15 is 0 Å². The highest BCUT2D eigenvalue weighted by molar-refractivity contribution is 5.61. The standard InChI is InChI=1S/C11H9FN4O3/c1-13-10-9(16(17)18)11(15-6-14-10)19-8-4-2-3-7(12)5-8/h2-6H,1H3,(H,13,14,15). The Labute approximate surface area is 107 Å². The molecule has 0 aliphatic heterocycles. The Hall–Kier alpha value is -2.77. The van der Waals surface area contributed by atoms with Crippen LogP contribution in [0.5, 0.6) is 11.6 Å². The zero-order valence-electron chi connectivity index (χ0n) is 9.83. The smallest absolute Gasteiger partial charge is 0.373 e. The molecule has 0 atom stereocenters. The third-order valence-corrected chi connectivity index (χ3v) is 2.22. The van der Waals surface area contributed by atoms with Gasteiger partial charge in [-0.25, -0.2) is 9.37 Å². The Morgan fingerprint density at radius 2 is 2.21 bits per heavy atom. The molecule has 1 N–H and O–H groups in total. The molecule has 19 heavy (non-hydrogen) atoms. The first kappa shape index (κ1) is 12.7. The fraction of sp³-hybridized carbons (Fsp3) is 0.0909. The number of nitro groups is 1. The molecule has 2 aromatic rings. The van der Waals surface area contributed by atoms with Crippen molar-refractivity contribution in [2.24, 2.45) is 0 Å². The van der Waals surface area contributed by atoms with Gasteiger partial charge in [-0.15, -0.1) is 0 Å². The van der Waals surface area contributed by atoms with E-state index in [-0.39, 0.29) is 17.4 Å². The monoisotopic (exact) mass is 264 g/mol. The number of benzene rings is 1. The van der Waals surface area contributed by atoms with Gasteiger partial charge in [0.25, 0.3) is 0 Å². The van der Waals surface area contributed by atoms with Gasteiger partial charge in [0.15, 0.2) is 0 Å². The fourth-order valence-electron chi connectivity index (χ4n) is 1.43. The number of nitrogens with zero attached hydrogens (tertiary/aromatic N) is 3. The first-order valence-electron chi connectivity index (χ1n) is 5.22. The molecule has 1 heterocycles. The van der Waals surface area contributed by atoms with Gasteiger partial charge in [0.1, 0.15) is 17.9 Å². The molecule has 98 valence electrons. The SMILES string of the molecule is CNc1ncnc(Oc2cccc(F)c2)c1[N+](=O)[O-]. The second-order valence-corrected chi connectivity index (χ2v) is 3.44. The molecule has 1 aromatic carbocycles. The van der Waals surface area contributed by atoms with E-state index in [9.17, 15) is 14.5 Å². The zero-order chi connectivity index (χ0) is 13.8. The highest BCUT2D eigenvalue weighted by Crippen LogP contribution is 2.33. The van der Waals surface area contributed by atoms with Crippen molar-refractivity contribution >= 4 is 11.5 Å². The maximum absolute atomic E-state index is 13.0. The molecule has 0 bridgehead atoms. The van der Waals surface area contributed by atoms with Crippen molar-refractivity contribution in [3.05, 3.63) is 46.5 Å². The summed E-state index contributed by atoms with van der Waals surface area (Å²) < 4.78 is 18.2. The maximum atomic E-state index is 13.0. The summed E-state index contributed by atoms with van der Waals surface area (Å²) in [6.45, 7) is 0. The van der Waals surface area contributed by atoms with Crippen LogP contribution in [0.1, 0.15) is 0 Å². The lowest BCUT2D eigenvalue weighted by molar-refractivity contribution is -0.385. The number of rotatable bonds is 4. The average molecular weight is 264 g/mol. The lowest BCUT2D eigenvalue weighted by Crippen LogP contribution is -2.03. The first-order chi connectivity index (χ1) is 9.11. The lowest BCUT2D eigenvalue weighted by atomic mass is 10.3. The van der Waals surface area contributed by atoms with E-state index in [1.54, 1.807) is 0 Å². The number of ether oxygens (including phenoxy) is 1. The molecule has 0 saturated carbocycles. The van der Waals surface area contributed by atoms with E-state index in [1.807, 2.05) is 0 Å². The Morgan fingerprint density at radius 1 is 1.42 bits per heavy atom. The van der Waals surface area contributed by atoms with Gasteiger partial charge < -0.3 is 10.1 Å². The molecule has 0 saturated heterocycles. The molecule has 0 fully saturated rings. The summed E-state index contributed by atoms with van der Waals surface area (Å²) >= 11 is 0. The molecule has 0 aliphatic rings. The number of aromatic nitrogens is 2. The van der Waals surface area contributed by atoms with Crippen LogP contribution < -0.4 is 10.1 Å². The molecule has 0 amide bonds. The largest absolute Gasteiger partial charge is 0.433 e. The van der Waals surface area contributed by atoms with Crippen LogP contribution in [0.4, 0.5) is 15.9 Å². The van der Waals surface area contributed by atoms with Gasteiger partial charge in [0.05, 0.1) is 4.92 Å². The van der Waals surface area contributed by atoms with Gasteiger partial charge in [-0.05, 0) is 12.1 Å². The van der Waals surface area contributed by atoms with Gasteiger partial charge in [0.2, 0.25) is 5.82 Å². The maximum Gasteiger partial charge on any atom is 0.373 e. The predicted molar refractivity (Wildman–Crippen MR) is 64.7 cm³/mol. The van der Waals surface area contributed by atoms with Gasteiger partial charge >= 0.3 is 11.6 Å². The molecule has 0 radical (unpaired) electrons. The van der Waals surface area contributed by atoms with Crippen molar-refractivity contribution in [3.8, 4) is 11.6 Å². The Morgan fingerprint density at radius 3 is 2.84 bits per heavy atom. The molecule has 0 aliphatic carbocycles. The lowest BCUT2D eigenvalue weighted by Gasteiger charge is -2.07. The number of hydrogen-bond acceptors (Lipinski definition) is 6. The van der Waals surface area contributed by atoms with Crippen molar-refractivity contribution < 1.29 is 14.1 Å². The fourth-order valence-corrected chi connectivity index (χ4v) is 1.43. The third-order valence-electron chi connectivity index (χ3n) is 2.22. The molecular weight excluding hydrogens is 255 g/mol. The highest BCUT2D eigenvalue weighted by Gasteiger charge is 2.24. The van der Waals surface area contributed by atoms with Crippen LogP contribution in [0.25, 0.3) is 0 Å². The van der Waals surface area contributed by atoms with Crippen LogP contribution in [0, 0.1) is 15.9 Å². The first-order valence-corrected chi connectivity index (χ1v) is 5.22. The minimum absolute atomic E-state index is 0.0198. The van der Waals surface area contributed by atoms with E-state index in [1.165, 1.54) is 25.2 Å². The van der Waals surface area contributed by atoms with Crippen molar-refractivity contribution in [2.45, 2.75) is 0 Å². The number of nitrogens with one attached hydrogen (secondary N) is 1. The summed E-state index contributed by atoms with van der Waals surface area (Å²) in [5, 5.41) is 13.6.